The van der Waals surface area contributed by atoms with Crippen LogP contribution in [-0.2, 0) is 0 Å². The van der Waals surface area contributed by atoms with Crippen molar-refractivity contribution in [2.75, 3.05) is 7.05 Å². The van der Waals surface area contributed by atoms with Crippen LogP contribution in [0.1, 0.15) is 18.1 Å². The number of allylic oxidation sites excluding steroid dienone is 2. The van der Waals surface area contributed by atoms with Crippen molar-refractivity contribution in [2.45, 2.75) is 6.92 Å². The Kier molecular flexibility index (Phi) is 4.62. The van der Waals surface area contributed by atoms with E-state index >= 15 is 0 Å². The molecule has 0 amide bonds. The standard InChI is InChI=1S/C34H25N2/c1-22-19-31(35-22)23-9-7-11-25(20-23)33-27-13-3-5-15-29(27)34(30-16-6-4-14-28(30)33)26-12-8-10-24(21-26)32-17-18-36(32)2/h3-21H,1-2H3/q+1. The SMILES string of the molecule is CC1=NC(c2cccc(-c3c4ccccc4c(-c4cccc(C5=CC=[N+]5C)c4)c4ccccc34)c2)=C1. The number of hydrogen-bond donors (Lipinski definition) is 0. The first-order chi connectivity index (χ1) is 17.7. The van der Waals surface area contributed by atoms with E-state index in [1.165, 1.54) is 55.1 Å². The fraction of sp³-hybridized carbons (Fsp3) is 0.0588. The zero-order chi connectivity index (χ0) is 24.2. The molecule has 5 aromatic rings. The van der Waals surface area contributed by atoms with Crippen LogP contribution in [0.3, 0.4) is 0 Å². The van der Waals surface area contributed by atoms with Gasteiger partial charge in [-0.2, -0.15) is 0 Å². The lowest BCUT2D eigenvalue weighted by atomic mass is 9.85. The molecule has 36 heavy (non-hydrogen) atoms. The molecule has 170 valence electrons. The highest BCUT2D eigenvalue weighted by Gasteiger charge is 2.21. The van der Waals surface area contributed by atoms with Crippen molar-refractivity contribution in [3.8, 4) is 22.3 Å². The molecule has 2 aliphatic rings. The molecule has 2 nitrogen and oxygen atoms in total. The van der Waals surface area contributed by atoms with Crippen LogP contribution < -0.4 is 0 Å². The van der Waals surface area contributed by atoms with Gasteiger partial charge in [0.15, 0.2) is 6.21 Å². The fourth-order valence-corrected chi connectivity index (χ4v) is 5.55. The maximum Gasteiger partial charge on any atom is 0.218 e. The zero-order valence-electron chi connectivity index (χ0n) is 20.4. The Hall–Kier alpha value is -4.56. The molecular formula is C34H25N2+. The van der Waals surface area contributed by atoms with Gasteiger partial charge >= 0.3 is 0 Å². The highest BCUT2D eigenvalue weighted by Crippen LogP contribution is 2.44. The van der Waals surface area contributed by atoms with E-state index in [9.17, 15) is 0 Å². The van der Waals surface area contributed by atoms with Crippen LogP contribution in [0.4, 0.5) is 0 Å². The van der Waals surface area contributed by atoms with Crippen LogP contribution in [0.5, 0.6) is 0 Å². The summed E-state index contributed by atoms with van der Waals surface area (Å²) in [6.07, 6.45) is 6.43. The Morgan fingerprint density at radius 2 is 1.06 bits per heavy atom. The van der Waals surface area contributed by atoms with Crippen molar-refractivity contribution >= 4 is 44.9 Å². The molecule has 0 saturated heterocycles. The number of aliphatic imine (C=N–C) groups is 1. The molecular weight excluding hydrogens is 436 g/mol. The minimum atomic E-state index is 1.06. The summed E-state index contributed by atoms with van der Waals surface area (Å²) in [6.45, 7) is 2.04. The topological polar surface area (TPSA) is 15.4 Å². The summed E-state index contributed by atoms with van der Waals surface area (Å²) in [5.74, 6) is 0. The largest absolute Gasteiger partial charge is 0.253 e. The average molecular weight is 462 g/mol. The Morgan fingerprint density at radius 1 is 0.583 bits per heavy atom. The van der Waals surface area contributed by atoms with Crippen molar-refractivity contribution in [1.82, 2.24) is 0 Å². The van der Waals surface area contributed by atoms with Gasteiger partial charge in [-0.1, -0.05) is 78.9 Å². The first-order valence-electron chi connectivity index (χ1n) is 12.4. The monoisotopic (exact) mass is 461 g/mol. The minimum Gasteiger partial charge on any atom is -0.253 e. The molecule has 0 atom stereocenters. The maximum atomic E-state index is 4.61. The second-order valence-corrected chi connectivity index (χ2v) is 9.60. The van der Waals surface area contributed by atoms with Crippen LogP contribution in [-0.4, -0.2) is 23.5 Å². The Balaban J connectivity index is 1.51. The lowest BCUT2D eigenvalue weighted by molar-refractivity contribution is -0.399. The smallest absolute Gasteiger partial charge is 0.218 e. The quantitative estimate of drug-likeness (QED) is 0.189. The summed E-state index contributed by atoms with van der Waals surface area (Å²) in [7, 11) is 2.10. The molecule has 5 aromatic carbocycles. The van der Waals surface area contributed by atoms with Gasteiger partial charge in [0.25, 0.3) is 0 Å². The molecule has 0 bridgehead atoms. The summed E-state index contributed by atoms with van der Waals surface area (Å²) in [6, 6.07) is 35.4. The first kappa shape index (κ1) is 20.8. The van der Waals surface area contributed by atoms with Crippen molar-refractivity contribution in [3.05, 3.63) is 120 Å². The molecule has 0 spiro atoms. The fourth-order valence-electron chi connectivity index (χ4n) is 5.55. The highest BCUT2D eigenvalue weighted by atomic mass is 15.0. The maximum absolute atomic E-state index is 4.61. The van der Waals surface area contributed by atoms with E-state index in [-0.39, 0.29) is 0 Å². The van der Waals surface area contributed by atoms with Gasteiger partial charge in [0.05, 0.1) is 11.8 Å². The number of rotatable bonds is 4. The van der Waals surface area contributed by atoms with E-state index in [0.717, 1.165) is 17.0 Å². The van der Waals surface area contributed by atoms with Gasteiger partial charge in [0, 0.05) is 16.8 Å². The van der Waals surface area contributed by atoms with E-state index in [1.54, 1.807) is 0 Å². The number of benzene rings is 5. The Labute approximate surface area is 210 Å². The summed E-state index contributed by atoms with van der Waals surface area (Å²) >= 11 is 0. The van der Waals surface area contributed by atoms with E-state index in [0.29, 0.717) is 0 Å². The van der Waals surface area contributed by atoms with E-state index in [1.807, 2.05) is 6.92 Å². The predicted octanol–water partition coefficient (Wildman–Crippen LogP) is 8.21. The lowest BCUT2D eigenvalue weighted by Gasteiger charge is -2.19. The van der Waals surface area contributed by atoms with Crippen LogP contribution in [0.15, 0.2) is 114 Å². The van der Waals surface area contributed by atoms with Gasteiger partial charge in [0.1, 0.15) is 7.05 Å². The Morgan fingerprint density at radius 3 is 1.50 bits per heavy atom. The molecule has 2 heterocycles. The van der Waals surface area contributed by atoms with Gasteiger partial charge in [-0.3, -0.25) is 4.99 Å². The van der Waals surface area contributed by atoms with E-state index in [2.05, 4.69) is 132 Å². The van der Waals surface area contributed by atoms with Crippen molar-refractivity contribution in [3.63, 3.8) is 0 Å². The first-order valence-corrected chi connectivity index (χ1v) is 12.4. The second kappa shape index (κ2) is 8.00. The van der Waals surface area contributed by atoms with Crippen LogP contribution in [0.2, 0.25) is 0 Å². The number of hydrogen-bond acceptors (Lipinski definition) is 1. The molecule has 0 aromatic heterocycles. The third-order valence-corrected chi connectivity index (χ3v) is 7.30. The third-order valence-electron chi connectivity index (χ3n) is 7.30. The summed E-state index contributed by atoms with van der Waals surface area (Å²) < 4.78 is 2.18. The molecule has 7 rings (SSSR count). The highest BCUT2D eigenvalue weighted by molar-refractivity contribution is 6.21. The molecule has 0 saturated carbocycles. The van der Waals surface area contributed by atoms with Gasteiger partial charge in [-0.15, -0.1) is 0 Å². The van der Waals surface area contributed by atoms with Crippen molar-refractivity contribution < 1.29 is 4.58 Å². The molecule has 0 N–H and O–H groups in total. The lowest BCUT2D eigenvalue weighted by Crippen LogP contribution is -2.13. The average Bonchev–Trinajstić information content (AvgIpc) is 2.89. The Bertz CT molecular complexity index is 1790. The predicted molar refractivity (Wildman–Crippen MR) is 154 cm³/mol. The molecule has 0 radical (unpaired) electrons. The van der Waals surface area contributed by atoms with Crippen LogP contribution in [0, 0.1) is 0 Å². The molecule has 0 fully saturated rings. The van der Waals surface area contributed by atoms with Gasteiger partial charge < -0.3 is 0 Å². The number of fused-ring (bicyclic) bond motifs is 2. The molecule has 2 aliphatic heterocycles. The number of nitrogens with zero attached hydrogens (tertiary/aromatic N) is 2. The van der Waals surface area contributed by atoms with Crippen LogP contribution in [0.25, 0.3) is 55.2 Å². The molecule has 0 unspecified atom stereocenters. The zero-order valence-corrected chi connectivity index (χ0v) is 20.4. The normalized spacial score (nSPS) is 14.5. The minimum absolute atomic E-state index is 1.06. The van der Waals surface area contributed by atoms with Gasteiger partial charge in [-0.05, 0) is 75.0 Å². The van der Waals surface area contributed by atoms with Gasteiger partial charge in [-0.25, -0.2) is 4.58 Å². The second-order valence-electron chi connectivity index (χ2n) is 9.60. The summed E-state index contributed by atoms with van der Waals surface area (Å²) in [4.78, 5) is 4.61. The third kappa shape index (κ3) is 3.19. The summed E-state index contributed by atoms with van der Waals surface area (Å²) in [5.41, 5.74) is 10.8. The van der Waals surface area contributed by atoms with E-state index in [4.69, 9.17) is 0 Å². The van der Waals surface area contributed by atoms with Crippen LogP contribution >= 0.6 is 0 Å². The summed E-state index contributed by atoms with van der Waals surface area (Å²) in [5, 5.41) is 5.08. The van der Waals surface area contributed by atoms with Crippen molar-refractivity contribution in [2.24, 2.45) is 4.99 Å². The van der Waals surface area contributed by atoms with Crippen molar-refractivity contribution in [1.29, 1.82) is 0 Å². The molecule has 0 aliphatic carbocycles. The molecule has 2 heteroatoms. The van der Waals surface area contributed by atoms with Gasteiger partial charge in [0.2, 0.25) is 5.70 Å². The van der Waals surface area contributed by atoms with E-state index < -0.39 is 0 Å².